The Morgan fingerprint density at radius 1 is 1.32 bits per heavy atom. The van der Waals surface area contributed by atoms with Crippen LogP contribution in [0.15, 0.2) is 24.5 Å². The third-order valence-corrected chi connectivity index (χ3v) is 7.47. The first kappa shape index (κ1) is 23.1. The zero-order valence-electron chi connectivity index (χ0n) is 19.3. The Balaban J connectivity index is 1.43. The number of benzene rings is 1. The minimum atomic E-state index is -0.897. The van der Waals surface area contributed by atoms with Crippen molar-refractivity contribution in [2.45, 2.75) is 44.6 Å². The van der Waals surface area contributed by atoms with E-state index in [4.69, 9.17) is 0 Å². The van der Waals surface area contributed by atoms with Crippen LogP contribution in [0.4, 0.5) is 15.9 Å². The van der Waals surface area contributed by atoms with Crippen molar-refractivity contribution >= 4 is 39.1 Å². The van der Waals surface area contributed by atoms with Gasteiger partial charge in [0.15, 0.2) is 10.8 Å². The van der Waals surface area contributed by atoms with Gasteiger partial charge in [-0.25, -0.2) is 19.3 Å². The van der Waals surface area contributed by atoms with Crippen LogP contribution in [0.5, 0.6) is 0 Å². The molecule has 3 aromatic rings. The van der Waals surface area contributed by atoms with E-state index in [1.54, 1.807) is 19.9 Å². The van der Waals surface area contributed by atoms with Gasteiger partial charge in [-0.05, 0) is 75.9 Å². The summed E-state index contributed by atoms with van der Waals surface area (Å²) in [4.78, 5) is 28.9. The number of aliphatic hydroxyl groups is 1. The zero-order valence-corrected chi connectivity index (χ0v) is 20.2. The lowest BCUT2D eigenvalue weighted by molar-refractivity contribution is 0.0645. The van der Waals surface area contributed by atoms with Crippen molar-refractivity contribution in [3.05, 3.63) is 40.9 Å². The molecule has 1 unspecified atom stereocenters. The van der Waals surface area contributed by atoms with E-state index in [-0.39, 0.29) is 17.6 Å². The van der Waals surface area contributed by atoms with Crippen molar-refractivity contribution in [1.29, 1.82) is 0 Å². The highest BCUT2D eigenvalue weighted by atomic mass is 32.1. The summed E-state index contributed by atoms with van der Waals surface area (Å²) >= 11 is 1.25. The molecular formula is C24H29FN6O2S. The van der Waals surface area contributed by atoms with Crippen LogP contribution in [0.2, 0.25) is 0 Å². The Morgan fingerprint density at radius 3 is 2.88 bits per heavy atom. The maximum absolute atomic E-state index is 14.1. The molecule has 4 heterocycles. The smallest absolute Gasteiger partial charge is 0.280 e. The molecule has 0 radical (unpaired) electrons. The predicted molar refractivity (Wildman–Crippen MR) is 130 cm³/mol. The van der Waals surface area contributed by atoms with Gasteiger partial charge < -0.3 is 20.6 Å². The van der Waals surface area contributed by atoms with Crippen LogP contribution in [0, 0.1) is 11.7 Å². The van der Waals surface area contributed by atoms with Gasteiger partial charge >= 0.3 is 0 Å². The third kappa shape index (κ3) is 4.75. The Bertz CT molecular complexity index is 1200. The van der Waals surface area contributed by atoms with E-state index in [0.717, 1.165) is 37.2 Å². The standard InChI is InChI=1S/C24H29FN6O2S/c1-24(2,33)10-15-12-31(18-4-3-16(25)9-17(15)18)20-19-22(29-13-28-20)34-23(30-19)21(32)27-11-14-5-7-26-8-6-14/h3-4,9,13-15,26,33H,5-8,10-12H2,1-2H3,(H,27,32). The number of fused-ring (bicyclic) bond motifs is 2. The number of thiazole rings is 1. The van der Waals surface area contributed by atoms with E-state index in [1.165, 1.54) is 29.8 Å². The normalized spacial score (nSPS) is 18.9. The van der Waals surface area contributed by atoms with E-state index in [2.05, 4.69) is 25.6 Å². The van der Waals surface area contributed by atoms with Crippen LogP contribution in [0.1, 0.15) is 54.4 Å². The van der Waals surface area contributed by atoms with E-state index < -0.39 is 5.60 Å². The van der Waals surface area contributed by atoms with Crippen molar-refractivity contribution in [2.24, 2.45) is 5.92 Å². The highest BCUT2D eigenvalue weighted by molar-refractivity contribution is 7.19. The predicted octanol–water partition coefficient (Wildman–Crippen LogP) is 3.35. The molecule has 5 rings (SSSR count). The quantitative estimate of drug-likeness (QED) is 0.493. The van der Waals surface area contributed by atoms with E-state index in [9.17, 15) is 14.3 Å². The van der Waals surface area contributed by atoms with Crippen LogP contribution in [-0.4, -0.2) is 57.7 Å². The minimum Gasteiger partial charge on any atom is -0.390 e. The molecule has 3 N–H and O–H groups in total. The highest BCUT2D eigenvalue weighted by Gasteiger charge is 2.35. The Morgan fingerprint density at radius 2 is 2.12 bits per heavy atom. The fourth-order valence-corrected chi connectivity index (χ4v) is 5.75. The van der Waals surface area contributed by atoms with Crippen LogP contribution in [0.25, 0.3) is 10.3 Å². The average Bonchev–Trinajstić information content (AvgIpc) is 3.39. The molecule has 1 saturated heterocycles. The van der Waals surface area contributed by atoms with Crippen molar-refractivity contribution < 1.29 is 14.3 Å². The second kappa shape index (κ2) is 9.16. The summed E-state index contributed by atoms with van der Waals surface area (Å²) in [6.07, 6.45) is 4.06. The first-order valence-electron chi connectivity index (χ1n) is 11.7. The van der Waals surface area contributed by atoms with Crippen molar-refractivity contribution in [3.8, 4) is 0 Å². The molecule has 0 aliphatic carbocycles. The largest absolute Gasteiger partial charge is 0.390 e. The molecule has 0 saturated carbocycles. The molecule has 2 aliphatic heterocycles. The number of anilines is 2. The molecule has 2 aliphatic rings. The topological polar surface area (TPSA) is 103 Å². The molecular weight excluding hydrogens is 455 g/mol. The number of halogens is 1. The average molecular weight is 485 g/mol. The molecule has 1 atom stereocenters. The summed E-state index contributed by atoms with van der Waals surface area (Å²) in [5.41, 5.74) is 1.33. The Labute approximate surface area is 201 Å². The SMILES string of the molecule is CC(C)(O)CC1CN(c2ncnc3sc(C(=O)NCC4CCNCC4)nc23)c2ccc(F)cc21. The first-order valence-corrected chi connectivity index (χ1v) is 12.5. The number of hydrogen-bond acceptors (Lipinski definition) is 8. The number of hydrogen-bond donors (Lipinski definition) is 3. The molecule has 1 aromatic carbocycles. The van der Waals surface area contributed by atoms with E-state index in [0.29, 0.717) is 46.6 Å². The van der Waals surface area contributed by atoms with Gasteiger partial charge in [0.1, 0.15) is 22.5 Å². The number of piperidine rings is 1. The highest BCUT2D eigenvalue weighted by Crippen LogP contribution is 2.45. The lowest BCUT2D eigenvalue weighted by Gasteiger charge is -2.23. The first-order chi connectivity index (χ1) is 16.3. The van der Waals surface area contributed by atoms with Crippen LogP contribution in [-0.2, 0) is 0 Å². The zero-order chi connectivity index (χ0) is 23.9. The molecule has 1 amide bonds. The second-order valence-corrected chi connectivity index (χ2v) is 10.8. The number of nitrogens with zero attached hydrogens (tertiary/aromatic N) is 4. The number of amides is 1. The summed E-state index contributed by atoms with van der Waals surface area (Å²) in [5, 5.41) is 17.1. The summed E-state index contributed by atoms with van der Waals surface area (Å²) in [7, 11) is 0. The monoisotopic (exact) mass is 484 g/mol. The van der Waals surface area contributed by atoms with Gasteiger partial charge in [0, 0.05) is 24.7 Å². The van der Waals surface area contributed by atoms with Gasteiger partial charge in [0.2, 0.25) is 0 Å². The summed E-state index contributed by atoms with van der Waals surface area (Å²) < 4.78 is 14.1. The van der Waals surface area contributed by atoms with Crippen molar-refractivity contribution in [1.82, 2.24) is 25.6 Å². The number of carbonyl (C=O) groups excluding carboxylic acids is 1. The summed E-state index contributed by atoms with van der Waals surface area (Å²) in [6, 6.07) is 4.70. The van der Waals surface area contributed by atoms with Gasteiger partial charge in [-0.3, -0.25) is 4.79 Å². The van der Waals surface area contributed by atoms with Gasteiger partial charge in [0.25, 0.3) is 5.91 Å². The number of aromatic nitrogens is 3. The molecule has 8 nitrogen and oxygen atoms in total. The molecule has 10 heteroatoms. The lowest BCUT2D eigenvalue weighted by atomic mass is 9.89. The maximum atomic E-state index is 14.1. The van der Waals surface area contributed by atoms with Gasteiger partial charge in [-0.15, -0.1) is 0 Å². The number of rotatable bonds is 6. The second-order valence-electron chi connectivity index (χ2n) is 9.80. The molecule has 34 heavy (non-hydrogen) atoms. The molecule has 180 valence electrons. The van der Waals surface area contributed by atoms with Gasteiger partial charge in [-0.1, -0.05) is 11.3 Å². The minimum absolute atomic E-state index is 0.0675. The Hall–Kier alpha value is -2.69. The van der Waals surface area contributed by atoms with Crippen molar-refractivity contribution in [3.63, 3.8) is 0 Å². The number of carbonyl (C=O) groups is 1. The third-order valence-electron chi connectivity index (χ3n) is 6.51. The fourth-order valence-electron chi connectivity index (χ4n) is 4.93. The van der Waals surface area contributed by atoms with E-state index in [1.807, 2.05) is 4.90 Å². The summed E-state index contributed by atoms with van der Waals surface area (Å²) in [5.74, 6) is 0.489. The van der Waals surface area contributed by atoms with Crippen LogP contribution < -0.4 is 15.5 Å². The molecule has 2 aromatic heterocycles. The van der Waals surface area contributed by atoms with Crippen LogP contribution in [0.3, 0.4) is 0 Å². The molecule has 0 spiro atoms. The van der Waals surface area contributed by atoms with Crippen molar-refractivity contribution in [2.75, 3.05) is 31.1 Å². The maximum Gasteiger partial charge on any atom is 0.280 e. The summed E-state index contributed by atoms with van der Waals surface area (Å²) in [6.45, 7) is 6.65. The molecule has 1 fully saturated rings. The van der Waals surface area contributed by atoms with Gasteiger partial charge in [0.05, 0.1) is 5.60 Å². The molecule has 0 bridgehead atoms. The fraction of sp³-hybridized carbons (Fsp3) is 0.500. The van der Waals surface area contributed by atoms with Gasteiger partial charge in [-0.2, -0.15) is 0 Å². The lowest BCUT2D eigenvalue weighted by Crippen LogP contribution is -2.35. The number of nitrogens with one attached hydrogen (secondary N) is 2. The van der Waals surface area contributed by atoms with E-state index >= 15 is 0 Å². The Kier molecular flexibility index (Phi) is 6.22. The van der Waals surface area contributed by atoms with Crippen LogP contribution >= 0.6 is 11.3 Å².